The fourth-order valence-corrected chi connectivity index (χ4v) is 2.92. The van der Waals surface area contributed by atoms with Crippen molar-refractivity contribution in [2.75, 3.05) is 22.1 Å². The third-order valence-electron chi connectivity index (χ3n) is 4.35. The van der Waals surface area contributed by atoms with Gasteiger partial charge in [0.15, 0.2) is 0 Å². The summed E-state index contributed by atoms with van der Waals surface area (Å²) in [6, 6.07) is 11.1. The molecule has 0 fully saturated rings. The molecule has 3 rings (SSSR count). The molecule has 1 heterocycles. The van der Waals surface area contributed by atoms with Crippen LogP contribution in [-0.2, 0) is 11.2 Å². The second kappa shape index (κ2) is 6.35. The number of nitrogens with one attached hydrogen (secondary N) is 2. The number of hydrogen-bond donors (Lipinski definition) is 2. The molecule has 3 amide bonds. The number of fused-ring (bicyclic) bond motifs is 1. The van der Waals surface area contributed by atoms with Gasteiger partial charge in [0, 0.05) is 23.6 Å². The van der Waals surface area contributed by atoms with E-state index in [0.29, 0.717) is 18.7 Å². The van der Waals surface area contributed by atoms with Crippen molar-refractivity contribution in [3.05, 3.63) is 53.1 Å². The fourth-order valence-electron chi connectivity index (χ4n) is 2.92. The maximum Gasteiger partial charge on any atom is 0.323 e. The zero-order chi connectivity index (χ0) is 17.3. The van der Waals surface area contributed by atoms with Crippen molar-refractivity contribution < 1.29 is 9.59 Å². The van der Waals surface area contributed by atoms with Gasteiger partial charge in [0.1, 0.15) is 0 Å². The van der Waals surface area contributed by atoms with Gasteiger partial charge in [0.25, 0.3) is 0 Å². The minimum atomic E-state index is -0.296. The second-order valence-corrected chi connectivity index (χ2v) is 6.04. The van der Waals surface area contributed by atoms with Crippen LogP contribution in [0.4, 0.5) is 21.9 Å². The van der Waals surface area contributed by atoms with Gasteiger partial charge in [-0.3, -0.25) is 4.79 Å². The molecule has 0 spiro atoms. The Bertz CT molecular complexity index is 814. The van der Waals surface area contributed by atoms with Crippen molar-refractivity contribution in [3.63, 3.8) is 0 Å². The van der Waals surface area contributed by atoms with Gasteiger partial charge in [-0.1, -0.05) is 6.07 Å². The van der Waals surface area contributed by atoms with Crippen LogP contribution in [0.2, 0.25) is 0 Å². The highest BCUT2D eigenvalue weighted by Crippen LogP contribution is 2.31. The predicted molar refractivity (Wildman–Crippen MR) is 96.7 cm³/mol. The smallest absolute Gasteiger partial charge is 0.312 e. The highest BCUT2D eigenvalue weighted by molar-refractivity contribution is 6.03. The van der Waals surface area contributed by atoms with Crippen molar-refractivity contribution in [1.29, 1.82) is 0 Å². The van der Waals surface area contributed by atoms with Gasteiger partial charge >= 0.3 is 6.03 Å². The molecule has 1 aliphatic heterocycles. The summed E-state index contributed by atoms with van der Waals surface area (Å²) in [5, 5.41) is 5.65. The average molecular weight is 323 g/mol. The van der Waals surface area contributed by atoms with Crippen molar-refractivity contribution in [3.8, 4) is 0 Å². The van der Waals surface area contributed by atoms with E-state index in [-0.39, 0.29) is 11.9 Å². The lowest BCUT2D eigenvalue weighted by Gasteiger charge is -2.15. The van der Waals surface area contributed by atoms with E-state index in [1.54, 1.807) is 4.90 Å². The normalized spacial score (nSPS) is 13.0. The molecule has 2 N–H and O–H groups in total. The quantitative estimate of drug-likeness (QED) is 0.901. The first kappa shape index (κ1) is 16.1. The molecule has 5 heteroatoms. The summed E-state index contributed by atoms with van der Waals surface area (Å²) < 4.78 is 0. The highest BCUT2D eigenvalue weighted by atomic mass is 16.2. The summed E-state index contributed by atoms with van der Waals surface area (Å²) in [5.74, 6) is 0.101. The molecular weight excluding hydrogens is 302 g/mol. The number of anilines is 3. The van der Waals surface area contributed by atoms with E-state index >= 15 is 0 Å². The number of benzene rings is 2. The Morgan fingerprint density at radius 1 is 1.04 bits per heavy atom. The number of rotatable bonds is 3. The molecule has 0 radical (unpaired) electrons. The van der Waals surface area contributed by atoms with Crippen molar-refractivity contribution in [2.24, 2.45) is 0 Å². The largest absolute Gasteiger partial charge is 0.323 e. The van der Waals surface area contributed by atoms with Crippen molar-refractivity contribution in [1.82, 2.24) is 0 Å². The van der Waals surface area contributed by atoms with Gasteiger partial charge < -0.3 is 15.5 Å². The molecular formula is C19H21N3O2. The highest BCUT2D eigenvalue weighted by Gasteiger charge is 2.25. The lowest BCUT2D eigenvalue weighted by Crippen LogP contribution is -2.25. The van der Waals surface area contributed by atoms with Crippen molar-refractivity contribution >= 4 is 29.0 Å². The van der Waals surface area contributed by atoms with Crippen LogP contribution in [0.15, 0.2) is 36.4 Å². The molecule has 0 atom stereocenters. The van der Waals surface area contributed by atoms with E-state index in [1.165, 1.54) is 5.56 Å². The second-order valence-electron chi connectivity index (χ2n) is 6.04. The molecule has 0 unspecified atom stereocenters. The topological polar surface area (TPSA) is 61.4 Å². The summed E-state index contributed by atoms with van der Waals surface area (Å²) in [4.78, 5) is 25.8. The number of nitrogens with zero attached hydrogens (tertiary/aromatic N) is 1. The molecule has 0 aromatic heterocycles. The predicted octanol–water partition coefficient (Wildman–Crippen LogP) is 3.86. The first-order chi connectivity index (χ1) is 11.5. The van der Waals surface area contributed by atoms with Crippen LogP contribution in [0.3, 0.4) is 0 Å². The molecule has 2 aromatic carbocycles. The molecule has 0 bridgehead atoms. The van der Waals surface area contributed by atoms with E-state index < -0.39 is 0 Å². The number of carbonyl (C=O) groups excluding carboxylic acids is 2. The summed E-state index contributed by atoms with van der Waals surface area (Å²) in [5.41, 5.74) is 5.63. The Balaban J connectivity index is 1.70. The number of carbonyl (C=O) groups is 2. The average Bonchev–Trinajstić information content (AvgIpc) is 2.85. The fraction of sp³-hybridized carbons (Fsp3) is 0.263. The van der Waals surface area contributed by atoms with Gasteiger partial charge in [0.05, 0.1) is 6.42 Å². The van der Waals surface area contributed by atoms with E-state index in [4.69, 9.17) is 0 Å². The third-order valence-corrected chi connectivity index (χ3v) is 4.35. The van der Waals surface area contributed by atoms with Crippen molar-refractivity contribution in [2.45, 2.75) is 27.2 Å². The minimum Gasteiger partial charge on any atom is -0.312 e. The minimum absolute atomic E-state index is 0.101. The molecule has 24 heavy (non-hydrogen) atoms. The first-order valence-corrected chi connectivity index (χ1v) is 8.06. The van der Waals surface area contributed by atoms with E-state index in [0.717, 1.165) is 22.5 Å². The Kier molecular flexibility index (Phi) is 4.25. The van der Waals surface area contributed by atoms with Gasteiger partial charge in [0.2, 0.25) is 5.91 Å². The Labute approximate surface area is 141 Å². The number of hydrogen-bond acceptors (Lipinski definition) is 2. The standard InChI is InChI=1S/C19H21N3O2/c1-4-22-17-8-7-16(10-14(17)11-18(22)23)21-19(24)20-15-6-5-12(2)13(3)9-15/h5-10H,4,11H2,1-3H3,(H2,20,21,24). The molecule has 5 nitrogen and oxygen atoms in total. The van der Waals surface area contributed by atoms with Crippen LogP contribution in [-0.4, -0.2) is 18.5 Å². The number of aryl methyl sites for hydroxylation is 2. The van der Waals surface area contributed by atoms with Crippen LogP contribution in [0, 0.1) is 13.8 Å². The summed E-state index contributed by atoms with van der Waals surface area (Å²) in [6.07, 6.45) is 0.386. The third kappa shape index (κ3) is 3.11. The van der Waals surface area contributed by atoms with Gasteiger partial charge in [-0.2, -0.15) is 0 Å². The van der Waals surface area contributed by atoms with Crippen LogP contribution < -0.4 is 15.5 Å². The van der Waals surface area contributed by atoms with Gasteiger partial charge in [-0.05, 0) is 67.8 Å². The zero-order valence-electron chi connectivity index (χ0n) is 14.1. The summed E-state index contributed by atoms with van der Waals surface area (Å²) in [6.45, 7) is 6.65. The SMILES string of the molecule is CCN1C(=O)Cc2cc(NC(=O)Nc3ccc(C)c(C)c3)ccc21. The maximum absolute atomic E-state index is 12.2. The zero-order valence-corrected chi connectivity index (χ0v) is 14.1. The van der Waals surface area contributed by atoms with E-state index in [2.05, 4.69) is 10.6 Å². The Hall–Kier alpha value is -2.82. The van der Waals surface area contributed by atoms with Gasteiger partial charge in [-0.15, -0.1) is 0 Å². The number of likely N-dealkylation sites (N-methyl/N-ethyl adjacent to an activating group) is 1. The molecule has 0 saturated heterocycles. The maximum atomic E-state index is 12.2. The summed E-state index contributed by atoms with van der Waals surface area (Å²) in [7, 11) is 0. The van der Waals surface area contributed by atoms with Crippen LogP contribution in [0.5, 0.6) is 0 Å². The van der Waals surface area contributed by atoms with E-state index in [9.17, 15) is 9.59 Å². The van der Waals surface area contributed by atoms with Crippen LogP contribution >= 0.6 is 0 Å². The molecule has 1 aliphatic rings. The molecule has 2 aromatic rings. The molecule has 0 aliphatic carbocycles. The van der Waals surface area contributed by atoms with Crippen LogP contribution in [0.1, 0.15) is 23.6 Å². The summed E-state index contributed by atoms with van der Waals surface area (Å²) >= 11 is 0. The molecule has 0 saturated carbocycles. The number of urea groups is 1. The monoisotopic (exact) mass is 323 g/mol. The first-order valence-electron chi connectivity index (χ1n) is 8.06. The molecule has 124 valence electrons. The van der Waals surface area contributed by atoms with Gasteiger partial charge in [-0.25, -0.2) is 4.79 Å². The lowest BCUT2D eigenvalue weighted by atomic mass is 10.1. The lowest BCUT2D eigenvalue weighted by molar-refractivity contribution is -0.117. The number of amides is 3. The van der Waals surface area contributed by atoms with E-state index in [1.807, 2.05) is 57.2 Å². The Morgan fingerprint density at radius 2 is 1.71 bits per heavy atom. The van der Waals surface area contributed by atoms with Crippen LogP contribution in [0.25, 0.3) is 0 Å². The Morgan fingerprint density at radius 3 is 2.38 bits per heavy atom.